The fourth-order valence-electron chi connectivity index (χ4n) is 3.45. The lowest BCUT2D eigenvalue weighted by Gasteiger charge is -2.21. The molecule has 3 heterocycles. The number of rotatable bonds is 4. The van der Waals surface area contributed by atoms with Crippen LogP contribution in [0.4, 0.5) is 5.13 Å². The summed E-state index contributed by atoms with van der Waals surface area (Å²) < 4.78 is 0. The van der Waals surface area contributed by atoms with Crippen LogP contribution in [0.1, 0.15) is 23.6 Å². The molecule has 0 bridgehead atoms. The van der Waals surface area contributed by atoms with E-state index in [9.17, 15) is 0 Å². The second-order valence-corrected chi connectivity index (χ2v) is 7.48. The number of nitrogens with zero attached hydrogens (tertiary/aromatic N) is 4. The average molecular weight is 382 g/mol. The van der Waals surface area contributed by atoms with Crippen molar-refractivity contribution in [3.63, 3.8) is 0 Å². The molecule has 0 saturated heterocycles. The van der Waals surface area contributed by atoms with Gasteiger partial charge in [-0.3, -0.25) is 4.98 Å². The summed E-state index contributed by atoms with van der Waals surface area (Å²) in [5.41, 5.74) is 5.53. The van der Waals surface area contributed by atoms with E-state index < -0.39 is 0 Å². The average Bonchev–Trinajstić information content (AvgIpc) is 3.43. The molecule has 5 heteroatoms. The Bertz CT molecular complexity index is 1090. The van der Waals surface area contributed by atoms with Gasteiger partial charge in [-0.25, -0.2) is 9.99 Å². The van der Waals surface area contributed by atoms with Crippen molar-refractivity contribution in [3.8, 4) is 11.3 Å². The molecule has 1 atom stereocenters. The molecule has 0 aliphatic carbocycles. The monoisotopic (exact) mass is 382 g/mol. The van der Waals surface area contributed by atoms with Gasteiger partial charge in [0, 0.05) is 29.8 Å². The molecule has 0 spiro atoms. The molecule has 0 fully saturated rings. The van der Waals surface area contributed by atoms with E-state index >= 15 is 0 Å². The van der Waals surface area contributed by atoms with Crippen molar-refractivity contribution in [2.45, 2.75) is 12.5 Å². The van der Waals surface area contributed by atoms with Crippen molar-refractivity contribution < 1.29 is 0 Å². The number of pyridine rings is 1. The van der Waals surface area contributed by atoms with Gasteiger partial charge >= 0.3 is 0 Å². The Morgan fingerprint density at radius 3 is 2.29 bits per heavy atom. The lowest BCUT2D eigenvalue weighted by Crippen LogP contribution is -2.18. The van der Waals surface area contributed by atoms with Gasteiger partial charge in [-0.05, 0) is 23.3 Å². The first-order valence-corrected chi connectivity index (χ1v) is 10.1. The van der Waals surface area contributed by atoms with Gasteiger partial charge in [0.15, 0.2) is 0 Å². The fraction of sp³-hybridized carbons (Fsp3) is 0.0870. The summed E-state index contributed by atoms with van der Waals surface area (Å²) in [6, 6.07) is 25.0. The molecule has 1 aliphatic rings. The number of hydrogen-bond donors (Lipinski definition) is 0. The molecule has 4 nitrogen and oxygen atoms in total. The molecule has 28 heavy (non-hydrogen) atoms. The van der Waals surface area contributed by atoms with Gasteiger partial charge in [0.05, 0.1) is 17.4 Å². The maximum Gasteiger partial charge on any atom is 0.207 e. The van der Waals surface area contributed by atoms with Gasteiger partial charge in [0.25, 0.3) is 0 Å². The molecule has 2 aromatic carbocycles. The van der Waals surface area contributed by atoms with Crippen LogP contribution in [0, 0.1) is 0 Å². The fourth-order valence-corrected chi connectivity index (χ4v) is 4.28. The Labute approximate surface area is 167 Å². The van der Waals surface area contributed by atoms with Gasteiger partial charge in [-0.15, -0.1) is 11.3 Å². The number of anilines is 1. The van der Waals surface area contributed by atoms with Crippen molar-refractivity contribution in [1.82, 2.24) is 9.97 Å². The van der Waals surface area contributed by atoms with Gasteiger partial charge in [-0.2, -0.15) is 5.10 Å². The largest absolute Gasteiger partial charge is 0.265 e. The van der Waals surface area contributed by atoms with Crippen LogP contribution in [0.15, 0.2) is 95.7 Å². The molecule has 5 rings (SSSR count). The first-order chi connectivity index (χ1) is 13.9. The van der Waals surface area contributed by atoms with E-state index in [0.717, 1.165) is 34.1 Å². The first-order valence-electron chi connectivity index (χ1n) is 9.21. The Morgan fingerprint density at radius 1 is 0.821 bits per heavy atom. The quantitative estimate of drug-likeness (QED) is 0.464. The smallest absolute Gasteiger partial charge is 0.207 e. The molecule has 0 N–H and O–H groups in total. The van der Waals surface area contributed by atoms with Crippen LogP contribution in [0.3, 0.4) is 0 Å². The number of hydrazone groups is 1. The summed E-state index contributed by atoms with van der Waals surface area (Å²) in [4.78, 5) is 8.97. The van der Waals surface area contributed by atoms with Crippen molar-refractivity contribution >= 4 is 22.2 Å². The lowest BCUT2D eigenvalue weighted by molar-refractivity contribution is 0.706. The van der Waals surface area contributed by atoms with Crippen LogP contribution in [0.25, 0.3) is 11.3 Å². The summed E-state index contributed by atoms with van der Waals surface area (Å²) in [6.07, 6.45) is 4.45. The maximum atomic E-state index is 4.98. The van der Waals surface area contributed by atoms with Crippen LogP contribution in [-0.4, -0.2) is 15.7 Å². The minimum absolute atomic E-state index is 0.146. The maximum absolute atomic E-state index is 4.98. The van der Waals surface area contributed by atoms with E-state index in [2.05, 4.69) is 63.9 Å². The molecule has 0 amide bonds. The van der Waals surface area contributed by atoms with Crippen molar-refractivity contribution in [1.29, 1.82) is 0 Å². The molecule has 136 valence electrons. The van der Waals surface area contributed by atoms with E-state index in [4.69, 9.17) is 10.1 Å². The van der Waals surface area contributed by atoms with Crippen LogP contribution in [0.5, 0.6) is 0 Å². The van der Waals surface area contributed by atoms with E-state index in [-0.39, 0.29) is 6.04 Å². The highest BCUT2D eigenvalue weighted by Gasteiger charge is 2.31. The van der Waals surface area contributed by atoms with Crippen molar-refractivity contribution in [2.75, 3.05) is 5.01 Å². The number of hydrogen-bond acceptors (Lipinski definition) is 5. The number of benzene rings is 2. The number of thiazole rings is 1. The van der Waals surface area contributed by atoms with Crippen LogP contribution >= 0.6 is 11.3 Å². The zero-order chi connectivity index (χ0) is 18.8. The van der Waals surface area contributed by atoms with Gasteiger partial charge in [-0.1, -0.05) is 60.7 Å². The Morgan fingerprint density at radius 2 is 1.54 bits per heavy atom. The van der Waals surface area contributed by atoms with Gasteiger partial charge < -0.3 is 0 Å². The topological polar surface area (TPSA) is 41.4 Å². The van der Waals surface area contributed by atoms with Crippen molar-refractivity contribution in [2.24, 2.45) is 5.10 Å². The SMILES string of the molecule is c1ccc(C2=NN(c3nc(-c4ccncc4)cs3)C(c3ccccc3)C2)cc1. The second-order valence-electron chi connectivity index (χ2n) is 6.64. The minimum atomic E-state index is 0.146. The second kappa shape index (κ2) is 7.37. The highest BCUT2D eigenvalue weighted by atomic mass is 32.1. The molecule has 0 saturated carbocycles. The summed E-state index contributed by atoms with van der Waals surface area (Å²) in [5, 5.41) is 10.1. The summed E-state index contributed by atoms with van der Waals surface area (Å²) in [6.45, 7) is 0. The Hall–Kier alpha value is -3.31. The molecule has 4 aromatic rings. The van der Waals surface area contributed by atoms with E-state index in [1.165, 1.54) is 5.56 Å². The third-order valence-electron chi connectivity index (χ3n) is 4.87. The summed E-state index contributed by atoms with van der Waals surface area (Å²) >= 11 is 1.62. The lowest BCUT2D eigenvalue weighted by atomic mass is 9.99. The molecule has 2 aromatic heterocycles. The predicted molar refractivity (Wildman–Crippen MR) is 115 cm³/mol. The molecular weight excluding hydrogens is 364 g/mol. The highest BCUT2D eigenvalue weighted by Crippen LogP contribution is 2.39. The van der Waals surface area contributed by atoms with Gasteiger partial charge in [0.1, 0.15) is 0 Å². The third kappa shape index (κ3) is 3.21. The number of aromatic nitrogens is 2. The molecular formula is C23H18N4S. The van der Waals surface area contributed by atoms with Crippen LogP contribution in [0.2, 0.25) is 0 Å². The van der Waals surface area contributed by atoms with Crippen LogP contribution < -0.4 is 5.01 Å². The summed E-state index contributed by atoms with van der Waals surface area (Å²) in [5.74, 6) is 0. The van der Waals surface area contributed by atoms with Crippen LogP contribution in [-0.2, 0) is 0 Å². The van der Waals surface area contributed by atoms with E-state index in [1.54, 1.807) is 23.7 Å². The zero-order valence-electron chi connectivity index (χ0n) is 15.1. The Kier molecular flexibility index (Phi) is 4.43. The first kappa shape index (κ1) is 16.8. The molecule has 0 radical (unpaired) electrons. The predicted octanol–water partition coefficient (Wildman–Crippen LogP) is 5.56. The molecule has 1 aliphatic heterocycles. The van der Waals surface area contributed by atoms with Gasteiger partial charge in [0.2, 0.25) is 5.13 Å². The normalized spacial score (nSPS) is 16.2. The zero-order valence-corrected chi connectivity index (χ0v) is 16.0. The minimum Gasteiger partial charge on any atom is -0.265 e. The Balaban J connectivity index is 1.54. The standard InChI is InChI=1S/C23H18N4S/c1-3-7-17(8-4-1)20-15-22(19-9-5-2-6-10-19)27(26-20)23-25-21(16-28-23)18-11-13-24-14-12-18/h1-14,16,22H,15H2. The molecule has 1 unspecified atom stereocenters. The van der Waals surface area contributed by atoms with Crippen molar-refractivity contribution in [3.05, 3.63) is 102 Å². The summed E-state index contributed by atoms with van der Waals surface area (Å²) in [7, 11) is 0. The van der Waals surface area contributed by atoms with E-state index in [0.29, 0.717) is 0 Å². The van der Waals surface area contributed by atoms with E-state index in [1.807, 2.05) is 24.3 Å². The third-order valence-corrected chi connectivity index (χ3v) is 5.70. The highest BCUT2D eigenvalue weighted by molar-refractivity contribution is 7.14.